The second kappa shape index (κ2) is 7.24. The molecule has 1 amide bonds. The largest absolute Gasteiger partial charge is 0.493 e. The van der Waals surface area contributed by atoms with Crippen LogP contribution in [-0.4, -0.2) is 47.2 Å². The van der Waals surface area contributed by atoms with Gasteiger partial charge in [-0.1, -0.05) is 0 Å². The Morgan fingerprint density at radius 2 is 2.22 bits per heavy atom. The lowest BCUT2D eigenvalue weighted by Gasteiger charge is -2.40. The Morgan fingerprint density at radius 1 is 1.37 bits per heavy atom. The van der Waals surface area contributed by atoms with Gasteiger partial charge in [0.05, 0.1) is 18.4 Å². The number of ether oxygens (including phenoxy) is 2. The van der Waals surface area contributed by atoms with E-state index in [1.807, 2.05) is 24.0 Å². The SMILES string of the molecule is CCN(C(=O)c1cnc(-c2ccc3c(c2)CCO3)s1)C1CCOC(C)(C)C1. The highest BCUT2D eigenvalue weighted by atomic mass is 32.1. The molecule has 1 saturated heterocycles. The number of aromatic nitrogens is 1. The van der Waals surface area contributed by atoms with Gasteiger partial charge in [0.2, 0.25) is 0 Å². The highest BCUT2D eigenvalue weighted by Crippen LogP contribution is 2.34. The van der Waals surface area contributed by atoms with Crippen LogP contribution in [0.5, 0.6) is 5.75 Å². The van der Waals surface area contributed by atoms with Crippen LogP contribution in [0.15, 0.2) is 24.4 Å². The Bertz CT molecular complexity index is 846. The Labute approximate surface area is 164 Å². The fourth-order valence-corrected chi connectivity index (χ4v) is 4.87. The number of carbonyl (C=O) groups is 1. The molecule has 0 spiro atoms. The first-order valence-electron chi connectivity index (χ1n) is 9.64. The summed E-state index contributed by atoms with van der Waals surface area (Å²) in [5, 5.41) is 0.886. The third kappa shape index (κ3) is 3.73. The number of amides is 1. The van der Waals surface area contributed by atoms with E-state index in [4.69, 9.17) is 9.47 Å². The lowest BCUT2D eigenvalue weighted by molar-refractivity contribution is -0.0776. The second-order valence-electron chi connectivity index (χ2n) is 7.80. The van der Waals surface area contributed by atoms with Crippen LogP contribution in [0.3, 0.4) is 0 Å². The van der Waals surface area contributed by atoms with E-state index in [0.29, 0.717) is 18.0 Å². The summed E-state index contributed by atoms with van der Waals surface area (Å²) in [6.45, 7) is 8.38. The molecule has 4 rings (SSSR count). The van der Waals surface area contributed by atoms with Crippen LogP contribution in [0.4, 0.5) is 0 Å². The minimum Gasteiger partial charge on any atom is -0.493 e. The summed E-state index contributed by atoms with van der Waals surface area (Å²) in [6, 6.07) is 6.38. The molecule has 5 nitrogen and oxygen atoms in total. The fourth-order valence-electron chi connectivity index (χ4n) is 4.00. The van der Waals surface area contributed by atoms with Gasteiger partial charge in [-0.05, 0) is 57.4 Å². The van der Waals surface area contributed by atoms with Crippen LogP contribution < -0.4 is 4.74 Å². The van der Waals surface area contributed by atoms with Gasteiger partial charge in [0, 0.05) is 31.2 Å². The van der Waals surface area contributed by atoms with Crippen LogP contribution in [0, 0.1) is 0 Å². The Kier molecular flexibility index (Phi) is 4.95. The molecule has 1 fully saturated rings. The maximum Gasteiger partial charge on any atom is 0.265 e. The van der Waals surface area contributed by atoms with Gasteiger partial charge in [0.15, 0.2) is 0 Å². The van der Waals surface area contributed by atoms with Gasteiger partial charge in [0.1, 0.15) is 15.6 Å². The fraction of sp³-hybridized carbons (Fsp3) is 0.524. The van der Waals surface area contributed by atoms with Crippen molar-refractivity contribution in [3.63, 3.8) is 0 Å². The number of carbonyl (C=O) groups excluding carboxylic acids is 1. The number of rotatable bonds is 4. The highest BCUT2D eigenvalue weighted by Gasteiger charge is 2.34. The number of nitrogens with zero attached hydrogens (tertiary/aromatic N) is 2. The Balaban J connectivity index is 1.54. The predicted octanol–water partition coefficient (Wildman–Crippen LogP) is 4.16. The third-order valence-corrected chi connectivity index (χ3v) is 6.40. The van der Waals surface area contributed by atoms with Crippen LogP contribution in [0.25, 0.3) is 10.6 Å². The molecule has 27 heavy (non-hydrogen) atoms. The first-order chi connectivity index (χ1) is 13.0. The van der Waals surface area contributed by atoms with E-state index in [9.17, 15) is 4.79 Å². The summed E-state index contributed by atoms with van der Waals surface area (Å²) in [4.78, 5) is 20.4. The number of thiazole rings is 1. The molecule has 1 atom stereocenters. The zero-order valence-corrected chi connectivity index (χ0v) is 17.0. The van der Waals surface area contributed by atoms with Crippen molar-refractivity contribution in [1.82, 2.24) is 9.88 Å². The van der Waals surface area contributed by atoms with E-state index >= 15 is 0 Å². The molecule has 2 aliphatic heterocycles. The molecule has 0 radical (unpaired) electrons. The molecular weight excluding hydrogens is 360 g/mol. The van der Waals surface area contributed by atoms with E-state index in [1.54, 1.807) is 6.20 Å². The molecule has 0 N–H and O–H groups in total. The van der Waals surface area contributed by atoms with Crippen LogP contribution in [0.1, 0.15) is 48.8 Å². The molecule has 2 aromatic rings. The maximum atomic E-state index is 13.2. The van der Waals surface area contributed by atoms with Gasteiger partial charge < -0.3 is 14.4 Å². The number of benzene rings is 1. The standard InChI is InChI=1S/C21H26N2O3S/c1-4-23(16-8-10-26-21(2,3)12-16)20(24)18-13-22-19(27-18)15-5-6-17-14(11-15)7-9-25-17/h5-6,11,13,16H,4,7-10,12H2,1-3H3. The Hall–Kier alpha value is -1.92. The number of hydrogen-bond acceptors (Lipinski definition) is 5. The summed E-state index contributed by atoms with van der Waals surface area (Å²) in [5.41, 5.74) is 2.09. The van der Waals surface area contributed by atoms with Gasteiger partial charge in [-0.3, -0.25) is 4.79 Å². The number of hydrogen-bond donors (Lipinski definition) is 0. The van der Waals surface area contributed by atoms with E-state index in [1.165, 1.54) is 16.9 Å². The molecular formula is C21H26N2O3S. The van der Waals surface area contributed by atoms with Crippen molar-refractivity contribution in [2.24, 2.45) is 0 Å². The van der Waals surface area contributed by atoms with E-state index in [0.717, 1.165) is 42.2 Å². The molecule has 1 unspecified atom stereocenters. The predicted molar refractivity (Wildman–Crippen MR) is 107 cm³/mol. The molecule has 0 bridgehead atoms. The molecule has 2 aliphatic rings. The maximum absolute atomic E-state index is 13.2. The summed E-state index contributed by atoms with van der Waals surface area (Å²) in [7, 11) is 0. The summed E-state index contributed by atoms with van der Waals surface area (Å²) >= 11 is 1.47. The smallest absolute Gasteiger partial charge is 0.265 e. The first kappa shape index (κ1) is 18.4. The topological polar surface area (TPSA) is 51.7 Å². The molecule has 144 valence electrons. The van der Waals surface area contributed by atoms with Crippen molar-refractivity contribution in [3.8, 4) is 16.3 Å². The van der Waals surface area contributed by atoms with Gasteiger partial charge in [0.25, 0.3) is 5.91 Å². The lowest BCUT2D eigenvalue weighted by Crippen LogP contribution is -2.48. The average Bonchev–Trinajstić information content (AvgIpc) is 3.30. The zero-order valence-electron chi connectivity index (χ0n) is 16.2. The van der Waals surface area contributed by atoms with Crippen LogP contribution in [-0.2, 0) is 11.2 Å². The third-order valence-electron chi connectivity index (χ3n) is 5.37. The quantitative estimate of drug-likeness (QED) is 0.792. The van der Waals surface area contributed by atoms with Crippen molar-refractivity contribution in [2.75, 3.05) is 19.8 Å². The van der Waals surface area contributed by atoms with Crippen molar-refractivity contribution >= 4 is 17.2 Å². The highest BCUT2D eigenvalue weighted by molar-refractivity contribution is 7.16. The van der Waals surface area contributed by atoms with Gasteiger partial charge >= 0.3 is 0 Å². The first-order valence-corrected chi connectivity index (χ1v) is 10.5. The van der Waals surface area contributed by atoms with Gasteiger partial charge in [-0.2, -0.15) is 0 Å². The van der Waals surface area contributed by atoms with E-state index in [-0.39, 0.29) is 17.6 Å². The monoisotopic (exact) mass is 386 g/mol. The number of fused-ring (bicyclic) bond motifs is 1. The van der Waals surface area contributed by atoms with Gasteiger partial charge in [-0.15, -0.1) is 11.3 Å². The van der Waals surface area contributed by atoms with Crippen molar-refractivity contribution in [3.05, 3.63) is 34.8 Å². The van der Waals surface area contributed by atoms with Crippen molar-refractivity contribution in [2.45, 2.75) is 51.7 Å². The molecule has 6 heteroatoms. The summed E-state index contributed by atoms with van der Waals surface area (Å²) < 4.78 is 11.4. The molecule has 3 heterocycles. The van der Waals surface area contributed by atoms with E-state index < -0.39 is 0 Å². The summed E-state index contributed by atoms with van der Waals surface area (Å²) in [5.74, 6) is 1.04. The van der Waals surface area contributed by atoms with Gasteiger partial charge in [-0.25, -0.2) is 4.98 Å². The van der Waals surface area contributed by atoms with Crippen molar-refractivity contribution < 1.29 is 14.3 Å². The Morgan fingerprint density at radius 3 is 3.00 bits per heavy atom. The average molecular weight is 387 g/mol. The second-order valence-corrected chi connectivity index (χ2v) is 8.83. The summed E-state index contributed by atoms with van der Waals surface area (Å²) in [6.07, 6.45) is 4.41. The van der Waals surface area contributed by atoms with Crippen molar-refractivity contribution in [1.29, 1.82) is 0 Å². The molecule has 1 aromatic heterocycles. The normalized spacial score (nSPS) is 20.8. The zero-order chi connectivity index (χ0) is 19.0. The molecule has 0 saturated carbocycles. The minimum absolute atomic E-state index is 0.0773. The lowest BCUT2D eigenvalue weighted by atomic mass is 9.92. The van der Waals surface area contributed by atoms with E-state index in [2.05, 4.69) is 24.9 Å². The molecule has 1 aromatic carbocycles. The minimum atomic E-state index is -0.179. The van der Waals surface area contributed by atoms with Crippen LogP contribution in [0.2, 0.25) is 0 Å². The molecule has 0 aliphatic carbocycles. The van der Waals surface area contributed by atoms with Crippen LogP contribution >= 0.6 is 11.3 Å².